The third-order valence-electron chi connectivity index (χ3n) is 4.00. The maximum Gasteiger partial charge on any atom is 0.126 e. The summed E-state index contributed by atoms with van der Waals surface area (Å²) in [5.41, 5.74) is 4.12. The summed E-state index contributed by atoms with van der Waals surface area (Å²) >= 11 is 0. The zero-order chi connectivity index (χ0) is 21.0. The van der Waals surface area contributed by atoms with Crippen LogP contribution >= 0.6 is 17.0 Å². The molecule has 0 spiro atoms. The van der Waals surface area contributed by atoms with Crippen LogP contribution in [-0.2, 0) is 11.6 Å². The van der Waals surface area contributed by atoms with Gasteiger partial charge in [-0.15, -0.1) is 0 Å². The molecule has 28 heavy (non-hydrogen) atoms. The Kier molecular flexibility index (Phi) is 5.99. The van der Waals surface area contributed by atoms with Crippen molar-refractivity contribution in [3.8, 4) is 0 Å². The van der Waals surface area contributed by atoms with Crippen LogP contribution in [0.3, 0.4) is 0 Å². The molecule has 1 atom stereocenters. The minimum Gasteiger partial charge on any atom is -0.0622 e. The Morgan fingerprint density at radius 1 is 0.571 bits per heavy atom. The van der Waals surface area contributed by atoms with Crippen molar-refractivity contribution >= 4 is 17.0 Å². The van der Waals surface area contributed by atoms with Gasteiger partial charge < -0.3 is 0 Å². The number of rotatable bonds is 4. The van der Waals surface area contributed by atoms with Crippen molar-refractivity contribution in [2.75, 3.05) is 0 Å². The minimum absolute atomic E-state index is 0.0177. The summed E-state index contributed by atoms with van der Waals surface area (Å²) in [4.78, 5) is 0. The van der Waals surface area contributed by atoms with Crippen LogP contribution in [0.1, 0.15) is 16.7 Å². The van der Waals surface area contributed by atoms with Gasteiger partial charge in [-0.1, -0.05) is 91.0 Å². The Hall–Kier alpha value is -1.90. The first-order valence-electron chi connectivity index (χ1n) is 8.31. The van der Waals surface area contributed by atoms with E-state index >= 15 is 0 Å². The molecule has 0 amide bonds. The van der Waals surface area contributed by atoms with E-state index in [9.17, 15) is 25.2 Å². The normalized spacial score (nSPS) is 14.4. The van der Waals surface area contributed by atoms with Crippen molar-refractivity contribution in [2.45, 2.75) is 11.6 Å². The molecule has 3 aromatic rings. The van der Waals surface area contributed by atoms with Gasteiger partial charge in [0.15, 0.2) is 0 Å². The zero-order valence-electron chi connectivity index (χ0n) is 14.8. The van der Waals surface area contributed by atoms with Crippen molar-refractivity contribution in [3.05, 3.63) is 108 Å². The monoisotopic (exact) mass is 436 g/mol. The summed E-state index contributed by atoms with van der Waals surface area (Å²) in [5.74, 6) is 0. The molecule has 3 aromatic carbocycles. The molecule has 1 unspecified atom stereocenters. The van der Waals surface area contributed by atoms with Crippen LogP contribution < -0.4 is 0 Å². The van der Waals surface area contributed by atoms with Gasteiger partial charge in [0.2, 0.25) is 0 Å². The molecule has 152 valence electrons. The summed E-state index contributed by atoms with van der Waals surface area (Å²) in [5, 5.41) is 0.0177. The van der Waals surface area contributed by atoms with Crippen LogP contribution in [0.15, 0.2) is 91.0 Å². The summed E-state index contributed by atoms with van der Waals surface area (Å²) < 4.78 is 59.2. The molecule has 0 aliphatic rings. The molecule has 0 fully saturated rings. The van der Waals surface area contributed by atoms with Crippen LogP contribution in [0.2, 0.25) is 0 Å². The maximum absolute atomic E-state index is 10.7. The molecule has 0 nitrogen and oxygen atoms in total. The van der Waals surface area contributed by atoms with Crippen molar-refractivity contribution in [2.24, 2.45) is 0 Å². The van der Waals surface area contributed by atoms with Crippen molar-refractivity contribution in [3.63, 3.8) is 0 Å². The Morgan fingerprint density at radius 2 is 0.857 bits per heavy atom. The Morgan fingerprint density at radius 3 is 1.18 bits per heavy atom. The fourth-order valence-corrected chi connectivity index (χ4v) is 3.59. The number of hydrogen-bond donors (Lipinski definition) is 0. The van der Waals surface area contributed by atoms with Crippen molar-refractivity contribution < 1.29 is 25.2 Å². The van der Waals surface area contributed by atoms with Crippen LogP contribution in [0.25, 0.3) is 0 Å². The average Bonchev–Trinajstić information content (AvgIpc) is 2.61. The molecule has 0 heterocycles. The van der Waals surface area contributed by atoms with Crippen LogP contribution in [0.4, 0.5) is 25.2 Å². The van der Waals surface area contributed by atoms with E-state index in [1.54, 1.807) is 0 Å². The summed E-state index contributed by atoms with van der Waals surface area (Å²) in [7, 11) is -8.57. The van der Waals surface area contributed by atoms with E-state index < -0.39 is 7.81 Å². The molecule has 0 aliphatic carbocycles. The van der Waals surface area contributed by atoms with Gasteiger partial charge in [-0.3, -0.25) is 0 Å². The van der Waals surface area contributed by atoms with Crippen molar-refractivity contribution in [1.29, 1.82) is 0 Å². The quantitative estimate of drug-likeness (QED) is 0.286. The fraction of sp³-hybridized carbons (Fsp3) is 0.100. The van der Waals surface area contributed by atoms with Gasteiger partial charge in [-0.05, 0) is 25.9 Å². The number of benzene rings is 3. The number of halogens is 6. The van der Waals surface area contributed by atoms with Gasteiger partial charge in [0, 0.05) is 6.42 Å². The summed E-state index contributed by atoms with van der Waals surface area (Å²) in [6, 6.07) is 32.4. The predicted octanol–water partition coefficient (Wildman–Crippen LogP) is 8.16. The van der Waals surface area contributed by atoms with Crippen LogP contribution in [0.5, 0.6) is 0 Å². The largest absolute Gasteiger partial charge is 0.126 e. The molecule has 0 saturated carbocycles. The second kappa shape index (κ2) is 7.50. The van der Waals surface area contributed by atoms with E-state index in [1.165, 1.54) is 16.7 Å². The minimum atomic E-state index is -10.7. The third-order valence-corrected chi connectivity index (χ3v) is 5.07. The zero-order valence-corrected chi connectivity index (χ0v) is 17.1. The Balaban J connectivity index is 0.000000345. The maximum atomic E-state index is 9.87. The van der Waals surface area contributed by atoms with E-state index in [4.69, 9.17) is 0 Å². The molecule has 0 aromatic heterocycles. The molecular weight excluding hydrogens is 416 g/mol. The average molecular weight is 436 g/mol. The van der Waals surface area contributed by atoms with Gasteiger partial charge in [0.25, 0.3) is 0 Å². The Labute approximate surface area is 162 Å². The van der Waals surface area contributed by atoms with Crippen LogP contribution in [-0.4, -0.2) is 0 Å². The molecule has 3 rings (SSSR count). The predicted molar refractivity (Wildman–Crippen MR) is 108 cm³/mol. The Bertz CT molecular complexity index is 829. The van der Waals surface area contributed by atoms with E-state index in [0.717, 1.165) is 6.42 Å². The first-order valence-corrected chi connectivity index (χ1v) is 11.0. The van der Waals surface area contributed by atoms with E-state index in [0.29, 0.717) is 0 Å². The third kappa shape index (κ3) is 8.41. The van der Waals surface area contributed by atoms with Crippen molar-refractivity contribution in [1.82, 2.24) is 0 Å². The van der Waals surface area contributed by atoms with Gasteiger partial charge in [0.1, 0.15) is 5.16 Å². The van der Waals surface area contributed by atoms with E-state index in [2.05, 4.69) is 100 Å². The first kappa shape index (κ1) is 22.4. The molecule has 0 radical (unpaired) electrons. The van der Waals surface area contributed by atoms with E-state index in [-0.39, 0.29) is 5.16 Å². The van der Waals surface area contributed by atoms with E-state index in [1.807, 2.05) is 0 Å². The van der Waals surface area contributed by atoms with Gasteiger partial charge in [-0.2, -0.15) is 0 Å². The summed E-state index contributed by atoms with van der Waals surface area (Å²) in [6.45, 7) is 0. The molecule has 0 saturated heterocycles. The first-order chi connectivity index (χ1) is 12.7. The summed E-state index contributed by atoms with van der Waals surface area (Å²) in [6.07, 6.45) is 1.01. The topological polar surface area (TPSA) is 0 Å². The smallest absolute Gasteiger partial charge is 0.0622 e. The molecule has 8 heteroatoms. The second-order valence-corrected chi connectivity index (χ2v) is 9.56. The fourth-order valence-electron chi connectivity index (χ4n) is 2.83. The SMILES string of the molecule is F[P-](F)(F)(F)(F)F.[PH3+]C(Cc1ccccc1)(c1ccccc1)c1ccccc1. The number of hydrogen-bond acceptors (Lipinski definition) is 0. The molecule has 0 bridgehead atoms. The molecule has 0 N–H and O–H groups in total. The molecular formula is C20H20F6P2. The van der Waals surface area contributed by atoms with Gasteiger partial charge in [-0.25, -0.2) is 0 Å². The molecule has 0 aliphatic heterocycles. The standard InChI is InChI=1S/C20H19P.F6P/c21-20(18-12-6-2-7-13-18,19-14-8-3-9-15-19)16-17-10-4-1-5-11-17;1-7(2,3,4,5)6/h1-15H,16,21H2;/q;-1/p+1. The van der Waals surface area contributed by atoms with Crippen LogP contribution in [0, 0.1) is 0 Å². The second-order valence-electron chi connectivity index (χ2n) is 6.43. The van der Waals surface area contributed by atoms with Gasteiger partial charge in [0.05, 0.1) is 0 Å². The van der Waals surface area contributed by atoms with Gasteiger partial charge >= 0.3 is 33.0 Å².